The molecule has 0 aliphatic carbocycles. The third-order valence-electron chi connectivity index (χ3n) is 5.31. The van der Waals surface area contributed by atoms with Crippen LogP contribution in [-0.4, -0.2) is 36.3 Å². The maximum absolute atomic E-state index is 13.1. The number of rotatable bonds is 5. The summed E-state index contributed by atoms with van der Waals surface area (Å²) in [6, 6.07) is 19.6. The molecule has 1 N–H and O–H groups in total. The maximum Gasteiger partial charge on any atom is 0.318 e. The maximum atomic E-state index is 13.1. The van der Waals surface area contributed by atoms with E-state index in [0.717, 1.165) is 23.4 Å². The van der Waals surface area contributed by atoms with Crippen molar-refractivity contribution in [1.82, 2.24) is 14.8 Å². The van der Waals surface area contributed by atoms with Crippen molar-refractivity contribution in [2.45, 2.75) is 19.1 Å². The van der Waals surface area contributed by atoms with Crippen LogP contribution in [0.4, 0.5) is 4.79 Å². The molecule has 4 rings (SSSR count). The molecule has 1 aliphatic heterocycles. The van der Waals surface area contributed by atoms with Gasteiger partial charge in [-0.1, -0.05) is 36.4 Å². The van der Waals surface area contributed by atoms with E-state index in [1.165, 1.54) is 0 Å². The standard InChI is InChI=1S/C23H25N3O3/c1-28-20-11-10-18(15-21(20)29-2)22-19-9-6-12-25(19)13-14-26(22)23(27)24-16-17-7-4-3-5-8-17/h3-12,15,22H,13-14,16H2,1-2H3,(H,24,27)/t22-/m1/s1. The number of aromatic nitrogens is 1. The molecule has 6 nitrogen and oxygen atoms in total. The highest BCUT2D eigenvalue weighted by Gasteiger charge is 2.32. The lowest BCUT2D eigenvalue weighted by molar-refractivity contribution is 0.168. The molecule has 1 aromatic heterocycles. The van der Waals surface area contributed by atoms with E-state index in [1.54, 1.807) is 14.2 Å². The average molecular weight is 391 g/mol. The number of hydrogen-bond donors (Lipinski definition) is 1. The summed E-state index contributed by atoms with van der Waals surface area (Å²) in [4.78, 5) is 15.0. The molecule has 2 heterocycles. The molecular formula is C23H25N3O3. The molecule has 1 aliphatic rings. The second-order valence-electron chi connectivity index (χ2n) is 6.98. The van der Waals surface area contributed by atoms with Gasteiger partial charge in [-0.25, -0.2) is 4.79 Å². The van der Waals surface area contributed by atoms with Gasteiger partial charge in [0.1, 0.15) is 0 Å². The van der Waals surface area contributed by atoms with Gasteiger partial charge in [-0.2, -0.15) is 0 Å². The minimum atomic E-state index is -0.200. The first kappa shape index (κ1) is 18.9. The Labute approximate surface area is 170 Å². The second-order valence-corrected chi connectivity index (χ2v) is 6.98. The first-order chi connectivity index (χ1) is 14.2. The molecule has 150 valence electrons. The van der Waals surface area contributed by atoms with E-state index in [0.29, 0.717) is 24.6 Å². The van der Waals surface area contributed by atoms with E-state index < -0.39 is 0 Å². The van der Waals surface area contributed by atoms with Crippen molar-refractivity contribution in [3.63, 3.8) is 0 Å². The van der Waals surface area contributed by atoms with Crippen LogP contribution in [0.5, 0.6) is 11.5 Å². The third kappa shape index (κ3) is 3.78. The van der Waals surface area contributed by atoms with Crippen LogP contribution in [0.25, 0.3) is 0 Å². The number of nitrogens with one attached hydrogen (secondary N) is 1. The first-order valence-corrected chi connectivity index (χ1v) is 9.66. The molecule has 0 spiro atoms. The van der Waals surface area contributed by atoms with E-state index in [-0.39, 0.29) is 12.1 Å². The van der Waals surface area contributed by atoms with Crippen LogP contribution in [-0.2, 0) is 13.1 Å². The van der Waals surface area contributed by atoms with Crippen molar-refractivity contribution in [2.24, 2.45) is 0 Å². The number of amides is 2. The number of urea groups is 1. The molecule has 0 saturated carbocycles. The molecular weight excluding hydrogens is 366 g/mol. The van der Waals surface area contributed by atoms with Crippen molar-refractivity contribution < 1.29 is 14.3 Å². The van der Waals surface area contributed by atoms with Gasteiger partial charge in [-0.05, 0) is 35.4 Å². The van der Waals surface area contributed by atoms with Crippen LogP contribution in [0.3, 0.4) is 0 Å². The van der Waals surface area contributed by atoms with Crippen LogP contribution < -0.4 is 14.8 Å². The van der Waals surface area contributed by atoms with Crippen LogP contribution >= 0.6 is 0 Å². The zero-order valence-electron chi connectivity index (χ0n) is 16.7. The minimum absolute atomic E-state index is 0.0823. The van der Waals surface area contributed by atoms with Gasteiger partial charge in [0.15, 0.2) is 11.5 Å². The van der Waals surface area contributed by atoms with Crippen molar-refractivity contribution in [1.29, 1.82) is 0 Å². The molecule has 3 aromatic rings. The van der Waals surface area contributed by atoms with E-state index in [2.05, 4.69) is 22.1 Å². The number of benzene rings is 2. The van der Waals surface area contributed by atoms with E-state index >= 15 is 0 Å². The predicted octanol–water partition coefficient (Wildman–Crippen LogP) is 3.82. The van der Waals surface area contributed by atoms with Crippen LogP contribution in [0.15, 0.2) is 66.9 Å². The summed E-state index contributed by atoms with van der Waals surface area (Å²) in [7, 11) is 3.24. The van der Waals surface area contributed by atoms with Crippen molar-refractivity contribution >= 4 is 6.03 Å². The number of ether oxygens (including phenoxy) is 2. The molecule has 0 unspecified atom stereocenters. The van der Waals surface area contributed by atoms with E-state index in [4.69, 9.17) is 9.47 Å². The lowest BCUT2D eigenvalue weighted by Gasteiger charge is -2.37. The Kier molecular flexibility index (Phi) is 5.42. The quantitative estimate of drug-likeness (QED) is 0.719. The normalized spacial score (nSPS) is 15.5. The van der Waals surface area contributed by atoms with Crippen LogP contribution in [0.1, 0.15) is 22.9 Å². The summed E-state index contributed by atoms with van der Waals surface area (Å²) in [6.45, 7) is 1.89. The topological polar surface area (TPSA) is 55.7 Å². The van der Waals surface area contributed by atoms with Gasteiger partial charge in [-0.3, -0.25) is 0 Å². The molecule has 0 radical (unpaired) electrons. The highest BCUT2D eigenvalue weighted by atomic mass is 16.5. The Bertz CT molecular complexity index is 984. The molecule has 0 bridgehead atoms. The number of carbonyl (C=O) groups excluding carboxylic acids is 1. The number of nitrogens with zero attached hydrogens (tertiary/aromatic N) is 2. The SMILES string of the molecule is COc1ccc([C@@H]2c3cccn3CCN2C(=O)NCc2ccccc2)cc1OC. The fourth-order valence-corrected chi connectivity index (χ4v) is 3.85. The van der Waals surface area contributed by atoms with Crippen molar-refractivity contribution in [2.75, 3.05) is 20.8 Å². The summed E-state index contributed by atoms with van der Waals surface area (Å²) in [5.74, 6) is 1.32. The molecule has 0 saturated heterocycles. The summed E-state index contributed by atoms with van der Waals surface area (Å²) >= 11 is 0. The predicted molar refractivity (Wildman–Crippen MR) is 111 cm³/mol. The second kappa shape index (κ2) is 8.31. The molecule has 6 heteroatoms. The van der Waals surface area contributed by atoms with Crippen LogP contribution in [0, 0.1) is 0 Å². The molecule has 1 atom stereocenters. The summed E-state index contributed by atoms with van der Waals surface area (Å²) in [5.41, 5.74) is 3.14. The van der Waals surface area contributed by atoms with E-state index in [1.807, 2.05) is 59.5 Å². The van der Waals surface area contributed by atoms with Crippen molar-refractivity contribution in [3.05, 3.63) is 83.7 Å². The van der Waals surface area contributed by atoms with Gasteiger partial charge in [0.05, 0.1) is 20.3 Å². The van der Waals surface area contributed by atoms with Gasteiger partial charge in [-0.15, -0.1) is 0 Å². The highest BCUT2D eigenvalue weighted by molar-refractivity contribution is 5.75. The van der Waals surface area contributed by atoms with Gasteiger partial charge < -0.3 is 24.3 Å². The number of fused-ring (bicyclic) bond motifs is 1. The Morgan fingerprint density at radius 2 is 1.79 bits per heavy atom. The fraction of sp³-hybridized carbons (Fsp3) is 0.261. The minimum Gasteiger partial charge on any atom is -0.493 e. The van der Waals surface area contributed by atoms with Gasteiger partial charge >= 0.3 is 6.03 Å². The Hall–Kier alpha value is -3.41. The van der Waals surface area contributed by atoms with Gasteiger partial charge in [0, 0.05) is 31.5 Å². The molecule has 2 aromatic carbocycles. The average Bonchev–Trinajstić information content (AvgIpc) is 3.26. The molecule has 0 fully saturated rings. The number of methoxy groups -OCH3 is 2. The Balaban J connectivity index is 1.63. The number of hydrogen-bond acceptors (Lipinski definition) is 3. The summed E-state index contributed by atoms with van der Waals surface area (Å²) in [5, 5.41) is 3.06. The van der Waals surface area contributed by atoms with Gasteiger partial charge in [0.2, 0.25) is 0 Å². The Morgan fingerprint density at radius 1 is 1.00 bits per heavy atom. The summed E-state index contributed by atoms with van der Waals surface area (Å²) in [6.07, 6.45) is 2.06. The monoisotopic (exact) mass is 391 g/mol. The summed E-state index contributed by atoms with van der Waals surface area (Å²) < 4.78 is 13.1. The smallest absolute Gasteiger partial charge is 0.318 e. The largest absolute Gasteiger partial charge is 0.493 e. The van der Waals surface area contributed by atoms with E-state index in [9.17, 15) is 4.79 Å². The zero-order valence-corrected chi connectivity index (χ0v) is 16.7. The highest BCUT2D eigenvalue weighted by Crippen LogP contribution is 2.37. The molecule has 2 amide bonds. The lowest BCUT2D eigenvalue weighted by Crippen LogP contribution is -2.47. The molecule has 29 heavy (non-hydrogen) atoms. The lowest BCUT2D eigenvalue weighted by atomic mass is 9.99. The van der Waals surface area contributed by atoms with Crippen LogP contribution in [0.2, 0.25) is 0 Å². The third-order valence-corrected chi connectivity index (χ3v) is 5.31. The number of carbonyl (C=O) groups is 1. The van der Waals surface area contributed by atoms with Crippen molar-refractivity contribution in [3.8, 4) is 11.5 Å². The fourth-order valence-electron chi connectivity index (χ4n) is 3.85. The Morgan fingerprint density at radius 3 is 2.55 bits per heavy atom. The first-order valence-electron chi connectivity index (χ1n) is 9.66. The van der Waals surface area contributed by atoms with Gasteiger partial charge in [0.25, 0.3) is 0 Å². The zero-order chi connectivity index (χ0) is 20.2.